The fraction of sp³-hybridized carbons (Fsp3) is 0.300. The Hall–Kier alpha value is -3.71. The number of carbonyl (C=O) groups excluding carboxylic acids is 2. The molecule has 196 valence electrons. The van der Waals surface area contributed by atoms with Crippen LogP contribution in [-0.2, 0) is 11.3 Å². The molecule has 1 N–H and O–H groups in total. The number of para-hydroxylation sites is 1. The summed E-state index contributed by atoms with van der Waals surface area (Å²) < 4.78 is 17.1. The molecule has 1 aliphatic heterocycles. The van der Waals surface area contributed by atoms with E-state index in [4.69, 9.17) is 11.6 Å². The molecule has 1 atom stereocenters. The van der Waals surface area contributed by atoms with Crippen LogP contribution in [0.4, 0.5) is 10.1 Å². The number of halogens is 2. The molecule has 2 heterocycles. The van der Waals surface area contributed by atoms with Gasteiger partial charge >= 0.3 is 0 Å². The van der Waals surface area contributed by atoms with Gasteiger partial charge in [-0.2, -0.15) is 5.10 Å². The molecule has 0 saturated carbocycles. The Morgan fingerprint density at radius 1 is 1.00 bits per heavy atom. The van der Waals surface area contributed by atoms with E-state index in [-0.39, 0.29) is 30.1 Å². The van der Waals surface area contributed by atoms with E-state index in [1.54, 1.807) is 35.0 Å². The van der Waals surface area contributed by atoms with Crippen molar-refractivity contribution < 1.29 is 14.0 Å². The summed E-state index contributed by atoms with van der Waals surface area (Å²) in [5, 5.41) is 8.96. The summed E-state index contributed by atoms with van der Waals surface area (Å²) in [5.74, 6) is -0.565. The fourth-order valence-corrected chi connectivity index (χ4v) is 5.47. The van der Waals surface area contributed by atoms with Crippen LogP contribution in [0.15, 0.2) is 66.7 Å². The quantitative estimate of drug-likeness (QED) is 0.273. The lowest BCUT2D eigenvalue weighted by Gasteiger charge is -2.31. The van der Waals surface area contributed by atoms with Crippen LogP contribution in [0.1, 0.15) is 43.1 Å². The van der Waals surface area contributed by atoms with Crippen molar-refractivity contribution in [2.75, 3.05) is 18.4 Å². The van der Waals surface area contributed by atoms with Crippen molar-refractivity contribution in [3.8, 4) is 11.1 Å². The van der Waals surface area contributed by atoms with Gasteiger partial charge in [-0.15, -0.1) is 0 Å². The number of likely N-dealkylation sites (tertiary alicyclic amines) is 1. The first kappa shape index (κ1) is 25.9. The highest BCUT2D eigenvalue weighted by molar-refractivity contribution is 6.33. The first-order valence-electron chi connectivity index (χ1n) is 13.0. The van der Waals surface area contributed by atoms with Crippen molar-refractivity contribution in [1.29, 1.82) is 0 Å². The number of carbonyl (C=O) groups is 2. The zero-order chi connectivity index (χ0) is 26.6. The molecular weight excluding hydrogens is 503 g/mol. The van der Waals surface area contributed by atoms with Crippen molar-refractivity contribution in [2.24, 2.45) is 0 Å². The minimum Gasteiger partial charge on any atom is -0.381 e. The van der Waals surface area contributed by atoms with Gasteiger partial charge in [0.25, 0.3) is 0 Å². The first-order valence-corrected chi connectivity index (χ1v) is 13.3. The summed E-state index contributed by atoms with van der Waals surface area (Å²) in [6.07, 6.45) is 3.77. The molecule has 1 aliphatic rings. The normalized spacial score (nSPS) is 15.9. The zero-order valence-electron chi connectivity index (χ0n) is 21.3. The van der Waals surface area contributed by atoms with E-state index in [1.165, 1.54) is 6.92 Å². The van der Waals surface area contributed by atoms with Gasteiger partial charge in [0.1, 0.15) is 12.2 Å². The number of rotatable bonds is 7. The van der Waals surface area contributed by atoms with Crippen LogP contribution in [0.5, 0.6) is 0 Å². The van der Waals surface area contributed by atoms with Crippen LogP contribution in [-0.4, -0.2) is 45.5 Å². The Balaban J connectivity index is 1.35. The minimum absolute atomic E-state index is 0.0423. The van der Waals surface area contributed by atoms with Crippen LogP contribution in [0.2, 0.25) is 5.02 Å². The Labute approximate surface area is 226 Å². The SMILES string of the molecule is CC(=O)c1nn(CC(=O)N2CCCCC[C@H]2CNc2cccc(-c3ccccc3Cl)c2F)c2ccccc12. The summed E-state index contributed by atoms with van der Waals surface area (Å²) >= 11 is 6.32. The minimum atomic E-state index is -0.369. The Kier molecular flexibility index (Phi) is 7.74. The second-order valence-electron chi connectivity index (χ2n) is 9.70. The summed E-state index contributed by atoms with van der Waals surface area (Å²) in [7, 11) is 0. The molecule has 5 rings (SSSR count). The number of aromatic nitrogens is 2. The number of amides is 1. The van der Waals surface area contributed by atoms with Crippen molar-refractivity contribution in [1.82, 2.24) is 14.7 Å². The average Bonchev–Trinajstić information content (AvgIpc) is 3.11. The van der Waals surface area contributed by atoms with Crippen LogP contribution in [0, 0.1) is 5.82 Å². The lowest BCUT2D eigenvalue weighted by atomic mass is 10.0. The van der Waals surface area contributed by atoms with E-state index in [1.807, 2.05) is 41.3 Å². The molecule has 38 heavy (non-hydrogen) atoms. The number of benzene rings is 3. The Bertz CT molecular complexity index is 1480. The zero-order valence-corrected chi connectivity index (χ0v) is 22.0. The predicted octanol–water partition coefficient (Wildman–Crippen LogP) is 6.58. The number of fused-ring (bicyclic) bond motifs is 1. The highest BCUT2D eigenvalue weighted by Crippen LogP contribution is 2.33. The summed E-state index contributed by atoms with van der Waals surface area (Å²) in [4.78, 5) is 27.6. The van der Waals surface area contributed by atoms with Gasteiger partial charge in [-0.05, 0) is 31.0 Å². The van der Waals surface area contributed by atoms with E-state index in [0.29, 0.717) is 40.6 Å². The first-order chi connectivity index (χ1) is 18.4. The molecule has 0 radical (unpaired) electrons. The maximum absolute atomic E-state index is 15.5. The molecular formula is C30H30ClFN4O2. The van der Waals surface area contributed by atoms with Gasteiger partial charge in [-0.25, -0.2) is 4.39 Å². The van der Waals surface area contributed by atoms with Crippen LogP contribution in [0.25, 0.3) is 22.0 Å². The number of ketones is 1. The van der Waals surface area contributed by atoms with Gasteiger partial charge in [0, 0.05) is 47.6 Å². The van der Waals surface area contributed by atoms with Crippen LogP contribution in [0.3, 0.4) is 0 Å². The van der Waals surface area contributed by atoms with Gasteiger partial charge in [0.15, 0.2) is 11.6 Å². The molecule has 8 heteroatoms. The van der Waals surface area contributed by atoms with Gasteiger partial charge in [-0.3, -0.25) is 14.3 Å². The van der Waals surface area contributed by atoms with Gasteiger partial charge < -0.3 is 10.2 Å². The maximum Gasteiger partial charge on any atom is 0.244 e. The molecule has 0 unspecified atom stereocenters. The predicted molar refractivity (Wildman–Crippen MR) is 149 cm³/mol. The van der Waals surface area contributed by atoms with E-state index < -0.39 is 0 Å². The summed E-state index contributed by atoms with van der Waals surface area (Å²) in [6, 6.07) is 19.8. The van der Waals surface area contributed by atoms with Crippen molar-refractivity contribution >= 4 is 39.9 Å². The molecule has 1 aromatic heterocycles. The highest BCUT2D eigenvalue weighted by atomic mass is 35.5. The second-order valence-corrected chi connectivity index (χ2v) is 10.1. The van der Waals surface area contributed by atoms with E-state index >= 15 is 4.39 Å². The Morgan fingerprint density at radius 2 is 1.76 bits per heavy atom. The topological polar surface area (TPSA) is 67.2 Å². The average molecular weight is 533 g/mol. The van der Waals surface area contributed by atoms with Gasteiger partial charge in [-0.1, -0.05) is 73.0 Å². The molecule has 4 aromatic rings. The monoisotopic (exact) mass is 532 g/mol. The summed E-state index contributed by atoms with van der Waals surface area (Å²) in [5.41, 5.74) is 2.58. The van der Waals surface area contributed by atoms with Gasteiger partial charge in [0.2, 0.25) is 5.91 Å². The van der Waals surface area contributed by atoms with Crippen LogP contribution < -0.4 is 5.32 Å². The number of anilines is 1. The molecule has 0 spiro atoms. The third kappa shape index (κ3) is 5.29. The number of Topliss-reactive ketones (excluding diaryl/α,β-unsaturated/α-hetero) is 1. The molecule has 0 aliphatic carbocycles. The van der Waals surface area contributed by atoms with E-state index in [9.17, 15) is 9.59 Å². The number of nitrogens with one attached hydrogen (secondary N) is 1. The van der Waals surface area contributed by atoms with Gasteiger partial charge in [0.05, 0.1) is 11.2 Å². The highest BCUT2D eigenvalue weighted by Gasteiger charge is 2.27. The standard InChI is InChI=1S/C30H30ClFN4O2/c1-20(37)30-24-12-5-7-16-27(24)36(34-30)19-28(38)35-17-8-2-3-10-21(35)18-33-26-15-9-13-23(29(26)32)22-11-4-6-14-25(22)31/h4-7,9,11-16,21,33H,2-3,8,10,17-19H2,1H3/t21-/m0/s1. The molecule has 1 amide bonds. The van der Waals surface area contributed by atoms with Crippen molar-refractivity contribution in [2.45, 2.75) is 45.2 Å². The van der Waals surface area contributed by atoms with Crippen molar-refractivity contribution in [3.05, 3.63) is 83.3 Å². The second kappa shape index (κ2) is 11.4. The van der Waals surface area contributed by atoms with Crippen molar-refractivity contribution in [3.63, 3.8) is 0 Å². The van der Waals surface area contributed by atoms with E-state index in [2.05, 4.69) is 10.4 Å². The molecule has 3 aromatic carbocycles. The maximum atomic E-state index is 15.5. The van der Waals surface area contributed by atoms with E-state index in [0.717, 1.165) is 36.6 Å². The number of hydrogen-bond donors (Lipinski definition) is 1. The molecule has 0 bridgehead atoms. The Morgan fingerprint density at radius 3 is 2.58 bits per heavy atom. The number of nitrogens with zero attached hydrogens (tertiary/aromatic N) is 3. The molecule has 1 fully saturated rings. The lowest BCUT2D eigenvalue weighted by molar-refractivity contribution is -0.134. The lowest BCUT2D eigenvalue weighted by Crippen LogP contribution is -2.45. The number of hydrogen-bond acceptors (Lipinski definition) is 4. The van der Waals surface area contributed by atoms with Crippen LogP contribution >= 0.6 is 11.6 Å². The largest absolute Gasteiger partial charge is 0.381 e. The molecule has 1 saturated heterocycles. The third-order valence-electron chi connectivity index (χ3n) is 7.16. The summed E-state index contributed by atoms with van der Waals surface area (Å²) in [6.45, 7) is 2.58. The smallest absolute Gasteiger partial charge is 0.244 e. The third-order valence-corrected chi connectivity index (χ3v) is 7.49. The fourth-order valence-electron chi connectivity index (χ4n) is 5.23. The molecule has 6 nitrogen and oxygen atoms in total.